The molecule has 1 fully saturated rings. The van der Waals surface area contributed by atoms with Gasteiger partial charge in [0.2, 0.25) is 0 Å². The number of hydrogen-bond donors (Lipinski definition) is 0. The van der Waals surface area contributed by atoms with Gasteiger partial charge in [0.05, 0.1) is 27.9 Å². The highest BCUT2D eigenvalue weighted by atomic mass is 32.1. The first-order chi connectivity index (χ1) is 15.6. The monoisotopic (exact) mass is 446 g/mol. The number of pyridine rings is 2. The van der Waals surface area contributed by atoms with Crippen LogP contribution in [0.25, 0.3) is 26.7 Å². The molecule has 5 rings (SSSR count). The van der Waals surface area contributed by atoms with Crippen LogP contribution < -0.4 is 5.56 Å². The van der Waals surface area contributed by atoms with E-state index in [9.17, 15) is 9.59 Å². The van der Waals surface area contributed by atoms with Crippen molar-refractivity contribution in [2.75, 3.05) is 14.2 Å². The minimum Gasteiger partial charge on any atom is -0.379 e. The molecule has 0 spiro atoms. The smallest absolute Gasteiger partial charge is 0.263 e. The largest absolute Gasteiger partial charge is 0.379 e. The molecule has 2 atom stereocenters. The number of ether oxygens (including phenoxy) is 1. The molecule has 0 unspecified atom stereocenters. The van der Waals surface area contributed by atoms with Gasteiger partial charge in [-0.25, -0.2) is 0 Å². The molecule has 3 heterocycles. The number of rotatable bonds is 4. The van der Waals surface area contributed by atoms with Gasteiger partial charge < -0.3 is 9.64 Å². The second kappa shape index (κ2) is 8.52. The number of thiophene rings is 1. The fourth-order valence-corrected chi connectivity index (χ4v) is 5.87. The number of carbonyl (C=O) groups excluding carboxylic acids is 1. The summed E-state index contributed by atoms with van der Waals surface area (Å²) in [4.78, 5) is 29.2. The highest BCUT2D eigenvalue weighted by Gasteiger charge is 2.32. The molecule has 1 aliphatic rings. The highest BCUT2D eigenvalue weighted by Crippen LogP contribution is 2.31. The van der Waals surface area contributed by atoms with E-state index in [1.807, 2.05) is 59.8 Å². The Morgan fingerprint density at radius 3 is 2.69 bits per heavy atom. The Labute approximate surface area is 190 Å². The topological polar surface area (TPSA) is 51.0 Å². The van der Waals surface area contributed by atoms with Crippen molar-refractivity contribution >= 4 is 32.8 Å². The number of benzene rings is 1. The van der Waals surface area contributed by atoms with Crippen LogP contribution in [0.4, 0.5) is 0 Å². The molecule has 1 aromatic carbocycles. The van der Waals surface area contributed by atoms with Crippen molar-refractivity contribution in [3.8, 4) is 11.1 Å². The Morgan fingerprint density at radius 1 is 1.12 bits per heavy atom. The number of carbonyl (C=O) groups is 1. The molecule has 0 radical (unpaired) electrons. The third-order valence-corrected chi connectivity index (χ3v) is 7.59. The lowest BCUT2D eigenvalue weighted by Gasteiger charge is -2.37. The fourth-order valence-electron chi connectivity index (χ4n) is 4.93. The number of amides is 1. The number of aromatic nitrogens is 1. The van der Waals surface area contributed by atoms with Crippen LogP contribution in [0, 0.1) is 0 Å². The van der Waals surface area contributed by atoms with Crippen LogP contribution in [0.1, 0.15) is 36.0 Å². The fraction of sp³-hybridized carbons (Fsp3) is 0.308. The summed E-state index contributed by atoms with van der Waals surface area (Å²) >= 11 is 1.56. The minimum atomic E-state index is -0.117. The van der Waals surface area contributed by atoms with E-state index in [0.717, 1.165) is 41.3 Å². The average molecular weight is 447 g/mol. The number of nitrogens with zero attached hydrogens (tertiary/aromatic N) is 2. The van der Waals surface area contributed by atoms with Crippen LogP contribution in [0.2, 0.25) is 0 Å². The van der Waals surface area contributed by atoms with E-state index in [2.05, 4.69) is 0 Å². The van der Waals surface area contributed by atoms with E-state index < -0.39 is 0 Å². The molecule has 0 bridgehead atoms. The third kappa shape index (κ3) is 3.44. The summed E-state index contributed by atoms with van der Waals surface area (Å²) in [5, 5.41) is 3.03. The first-order valence-electron chi connectivity index (χ1n) is 11.0. The van der Waals surface area contributed by atoms with Gasteiger partial charge in [0.15, 0.2) is 0 Å². The van der Waals surface area contributed by atoms with Gasteiger partial charge in [-0.15, -0.1) is 11.3 Å². The van der Waals surface area contributed by atoms with E-state index in [0.29, 0.717) is 16.6 Å². The third-order valence-electron chi connectivity index (χ3n) is 6.65. The number of likely N-dealkylation sites (N-methyl/N-ethyl adjacent to an activating group) is 1. The minimum absolute atomic E-state index is 0.0240. The Hall–Kier alpha value is -2.96. The maximum atomic E-state index is 13.9. The highest BCUT2D eigenvalue weighted by molar-refractivity contribution is 7.18. The van der Waals surface area contributed by atoms with Crippen molar-refractivity contribution in [1.29, 1.82) is 0 Å². The van der Waals surface area contributed by atoms with E-state index in [4.69, 9.17) is 4.74 Å². The summed E-state index contributed by atoms with van der Waals surface area (Å²) in [5.74, 6) is -0.0745. The van der Waals surface area contributed by atoms with Crippen LogP contribution in [0.15, 0.2) is 64.9 Å². The van der Waals surface area contributed by atoms with Gasteiger partial charge in [0, 0.05) is 25.9 Å². The summed E-state index contributed by atoms with van der Waals surface area (Å²) in [6.45, 7) is 0. The van der Waals surface area contributed by atoms with Gasteiger partial charge in [0.1, 0.15) is 0 Å². The molecule has 1 amide bonds. The molecule has 1 aliphatic carbocycles. The van der Waals surface area contributed by atoms with Crippen LogP contribution in [0.3, 0.4) is 0 Å². The molecule has 1 saturated carbocycles. The quantitative estimate of drug-likeness (QED) is 0.432. The lowest BCUT2D eigenvalue weighted by atomic mass is 9.91. The lowest BCUT2D eigenvalue weighted by Crippen LogP contribution is -2.47. The molecule has 6 heteroatoms. The molecule has 3 aromatic heterocycles. The van der Waals surface area contributed by atoms with Gasteiger partial charge in [0.25, 0.3) is 11.5 Å². The molecule has 0 aliphatic heterocycles. The van der Waals surface area contributed by atoms with Crippen molar-refractivity contribution in [1.82, 2.24) is 9.30 Å². The summed E-state index contributed by atoms with van der Waals surface area (Å²) in [7, 11) is 3.59. The zero-order valence-electron chi connectivity index (χ0n) is 18.3. The van der Waals surface area contributed by atoms with Gasteiger partial charge >= 0.3 is 0 Å². The second-order valence-corrected chi connectivity index (χ2v) is 9.34. The molecule has 0 N–H and O–H groups in total. The van der Waals surface area contributed by atoms with E-state index in [1.54, 1.807) is 35.1 Å². The zero-order chi connectivity index (χ0) is 22.2. The molecule has 32 heavy (non-hydrogen) atoms. The van der Waals surface area contributed by atoms with Crippen molar-refractivity contribution in [3.63, 3.8) is 0 Å². The van der Waals surface area contributed by atoms with Gasteiger partial charge in [-0.1, -0.05) is 43.2 Å². The standard InChI is InChI=1S/C26H26N2O3S/c1-27(21-10-6-7-11-22(21)31-2)25(29)20-16-19(17-8-4-3-5-9-17)26(30)28-14-12-18-13-15-32-24(18)23(20)28/h3-5,8-9,12-16,21-22H,6-7,10-11H2,1-2H3/t21-,22-/m0/s1. The molecular weight excluding hydrogens is 420 g/mol. The van der Waals surface area contributed by atoms with Crippen LogP contribution in [0.5, 0.6) is 0 Å². The maximum absolute atomic E-state index is 13.9. The van der Waals surface area contributed by atoms with E-state index in [-0.39, 0.29) is 23.6 Å². The molecule has 5 nitrogen and oxygen atoms in total. The van der Waals surface area contributed by atoms with E-state index in [1.165, 1.54) is 0 Å². The maximum Gasteiger partial charge on any atom is 0.263 e. The molecule has 0 saturated heterocycles. The first-order valence-corrected chi connectivity index (χ1v) is 11.9. The Balaban J connectivity index is 1.73. The Morgan fingerprint density at radius 2 is 1.91 bits per heavy atom. The SMILES string of the molecule is CO[C@H]1CCCC[C@@H]1N(C)C(=O)c1cc(-c2ccccc2)c(=O)n2ccc3ccsc3c12. The summed E-state index contributed by atoms with van der Waals surface area (Å²) in [5.41, 5.74) is 2.46. The summed E-state index contributed by atoms with van der Waals surface area (Å²) in [6.07, 6.45) is 5.90. The number of methoxy groups -OCH3 is 1. The predicted octanol–water partition coefficient (Wildman–Crippen LogP) is 5.21. The second-order valence-electron chi connectivity index (χ2n) is 8.42. The van der Waals surface area contributed by atoms with Gasteiger partial charge in [-0.05, 0) is 47.4 Å². The first kappa shape index (κ1) is 20.9. The number of hydrogen-bond acceptors (Lipinski definition) is 4. The van der Waals surface area contributed by atoms with E-state index >= 15 is 0 Å². The van der Waals surface area contributed by atoms with Crippen molar-refractivity contribution in [2.24, 2.45) is 0 Å². The Kier molecular flexibility index (Phi) is 5.57. The van der Waals surface area contributed by atoms with Crippen LogP contribution in [-0.2, 0) is 4.74 Å². The van der Waals surface area contributed by atoms with Gasteiger partial charge in [-0.2, -0.15) is 0 Å². The van der Waals surface area contributed by atoms with Crippen LogP contribution in [-0.4, -0.2) is 41.5 Å². The predicted molar refractivity (Wildman–Crippen MR) is 130 cm³/mol. The Bertz CT molecular complexity index is 1340. The lowest BCUT2D eigenvalue weighted by molar-refractivity contribution is 0.00102. The average Bonchev–Trinajstić information content (AvgIpc) is 3.33. The summed E-state index contributed by atoms with van der Waals surface area (Å²) in [6, 6.07) is 15.3. The molecule has 164 valence electrons. The van der Waals surface area contributed by atoms with Gasteiger partial charge in [-0.3, -0.25) is 14.0 Å². The molecular formula is C26H26N2O3S. The zero-order valence-corrected chi connectivity index (χ0v) is 19.1. The summed E-state index contributed by atoms with van der Waals surface area (Å²) < 4.78 is 8.31. The number of fused-ring (bicyclic) bond motifs is 3. The molecule has 4 aromatic rings. The van der Waals surface area contributed by atoms with Crippen molar-refractivity contribution in [3.05, 3.63) is 76.0 Å². The normalized spacial score (nSPS) is 18.8. The van der Waals surface area contributed by atoms with Crippen LogP contribution >= 0.6 is 11.3 Å². The van der Waals surface area contributed by atoms with Crippen molar-refractivity contribution < 1.29 is 9.53 Å². The van der Waals surface area contributed by atoms with Crippen molar-refractivity contribution in [2.45, 2.75) is 37.8 Å².